The first kappa shape index (κ1) is 12.4. The molecule has 4 heteroatoms. The molecule has 0 bridgehead atoms. The van der Waals surface area contributed by atoms with Gasteiger partial charge in [0, 0.05) is 3.57 Å². The number of hydrogen-bond acceptors (Lipinski definition) is 2. The highest BCUT2D eigenvalue weighted by molar-refractivity contribution is 14.1. The molecule has 0 saturated heterocycles. The van der Waals surface area contributed by atoms with Crippen LogP contribution in [0.25, 0.3) is 0 Å². The minimum Gasteiger partial charge on any atom is -0.271 e. The van der Waals surface area contributed by atoms with Crippen molar-refractivity contribution in [2.45, 2.75) is 26.3 Å². The molecule has 0 aliphatic carbocycles. The molecule has 0 fully saturated rings. The van der Waals surface area contributed by atoms with Gasteiger partial charge in [0.1, 0.15) is 0 Å². The normalized spacial score (nSPS) is 11.3. The third-order valence-corrected chi connectivity index (χ3v) is 2.99. The SMILES string of the molecule is CC(C)(C)N(N)C(=O)c1ccccc1I. The topological polar surface area (TPSA) is 46.3 Å². The van der Waals surface area contributed by atoms with Gasteiger partial charge in [-0.1, -0.05) is 12.1 Å². The second kappa shape index (κ2) is 4.49. The van der Waals surface area contributed by atoms with Gasteiger partial charge in [-0.15, -0.1) is 0 Å². The minimum atomic E-state index is -0.365. The highest BCUT2D eigenvalue weighted by Crippen LogP contribution is 2.17. The first-order valence-electron chi connectivity index (χ1n) is 4.68. The number of benzene rings is 1. The lowest BCUT2D eigenvalue weighted by Crippen LogP contribution is -2.50. The summed E-state index contributed by atoms with van der Waals surface area (Å²) in [4.78, 5) is 12.0. The number of amides is 1. The first-order valence-corrected chi connectivity index (χ1v) is 5.75. The van der Waals surface area contributed by atoms with Crippen molar-refractivity contribution < 1.29 is 4.79 Å². The van der Waals surface area contributed by atoms with Crippen molar-refractivity contribution >= 4 is 28.5 Å². The van der Waals surface area contributed by atoms with E-state index in [1.807, 2.05) is 39.0 Å². The Labute approximate surface area is 104 Å². The van der Waals surface area contributed by atoms with E-state index < -0.39 is 0 Å². The zero-order valence-electron chi connectivity index (χ0n) is 9.12. The lowest BCUT2D eigenvalue weighted by Gasteiger charge is -2.31. The van der Waals surface area contributed by atoms with E-state index in [0.717, 1.165) is 3.57 Å². The number of nitrogens with zero attached hydrogens (tertiary/aromatic N) is 1. The Hall–Kier alpha value is -0.620. The highest BCUT2D eigenvalue weighted by atomic mass is 127. The van der Waals surface area contributed by atoms with Crippen LogP contribution in [0, 0.1) is 3.57 Å². The zero-order valence-corrected chi connectivity index (χ0v) is 11.3. The average Bonchev–Trinajstić information content (AvgIpc) is 2.15. The Kier molecular flexibility index (Phi) is 3.72. The van der Waals surface area contributed by atoms with Crippen LogP contribution in [0.2, 0.25) is 0 Å². The molecule has 1 amide bonds. The third-order valence-electron chi connectivity index (χ3n) is 2.05. The molecule has 82 valence electrons. The summed E-state index contributed by atoms with van der Waals surface area (Å²) in [5.74, 6) is 5.63. The predicted molar refractivity (Wildman–Crippen MR) is 69.3 cm³/mol. The molecular formula is C11H15IN2O. The van der Waals surface area contributed by atoms with Gasteiger partial charge < -0.3 is 0 Å². The molecule has 1 aromatic carbocycles. The summed E-state index contributed by atoms with van der Waals surface area (Å²) in [6.45, 7) is 5.71. The van der Waals surface area contributed by atoms with Crippen LogP contribution in [0.4, 0.5) is 0 Å². The highest BCUT2D eigenvalue weighted by Gasteiger charge is 2.25. The van der Waals surface area contributed by atoms with E-state index >= 15 is 0 Å². The smallest absolute Gasteiger partial charge is 0.269 e. The van der Waals surface area contributed by atoms with E-state index in [1.54, 1.807) is 6.07 Å². The number of carbonyl (C=O) groups excluding carboxylic acids is 1. The lowest BCUT2D eigenvalue weighted by molar-refractivity contribution is 0.0581. The number of rotatable bonds is 1. The molecule has 15 heavy (non-hydrogen) atoms. The van der Waals surface area contributed by atoms with Crippen LogP contribution in [0.15, 0.2) is 24.3 Å². The van der Waals surface area contributed by atoms with Gasteiger partial charge in [-0.25, -0.2) is 5.84 Å². The third kappa shape index (κ3) is 2.92. The van der Waals surface area contributed by atoms with Gasteiger partial charge in [0.05, 0.1) is 11.1 Å². The van der Waals surface area contributed by atoms with Crippen molar-refractivity contribution in [1.82, 2.24) is 5.01 Å². The van der Waals surface area contributed by atoms with Crippen LogP contribution in [-0.4, -0.2) is 16.5 Å². The molecule has 2 N–H and O–H groups in total. The fourth-order valence-corrected chi connectivity index (χ4v) is 1.69. The van der Waals surface area contributed by atoms with Crippen LogP contribution in [-0.2, 0) is 0 Å². The average molecular weight is 318 g/mol. The summed E-state index contributed by atoms with van der Waals surface area (Å²) in [5, 5.41) is 1.27. The summed E-state index contributed by atoms with van der Waals surface area (Å²) in [5.41, 5.74) is 0.284. The first-order chi connectivity index (χ1) is 6.84. The van der Waals surface area contributed by atoms with Crippen LogP contribution in [0.5, 0.6) is 0 Å². The van der Waals surface area contributed by atoms with Crippen LogP contribution >= 0.6 is 22.6 Å². The number of hydrazine groups is 1. The van der Waals surface area contributed by atoms with E-state index in [4.69, 9.17) is 5.84 Å². The van der Waals surface area contributed by atoms with Gasteiger partial charge in [-0.2, -0.15) is 0 Å². The molecule has 0 heterocycles. The summed E-state index contributed by atoms with van der Waals surface area (Å²) >= 11 is 2.13. The van der Waals surface area contributed by atoms with Gasteiger partial charge in [0.15, 0.2) is 0 Å². The Bertz CT molecular complexity index is 371. The molecule has 0 saturated carbocycles. The number of nitrogens with two attached hydrogens (primary N) is 1. The van der Waals surface area contributed by atoms with Crippen molar-refractivity contribution in [2.75, 3.05) is 0 Å². The number of carbonyl (C=O) groups is 1. The molecule has 3 nitrogen and oxygen atoms in total. The second-order valence-electron chi connectivity index (χ2n) is 4.33. The van der Waals surface area contributed by atoms with Gasteiger partial charge in [-0.3, -0.25) is 9.80 Å². The lowest BCUT2D eigenvalue weighted by atomic mass is 10.1. The van der Waals surface area contributed by atoms with Crippen LogP contribution in [0.1, 0.15) is 31.1 Å². The summed E-state index contributed by atoms with van der Waals surface area (Å²) in [7, 11) is 0. The van der Waals surface area contributed by atoms with Crippen molar-refractivity contribution in [2.24, 2.45) is 5.84 Å². The molecular weight excluding hydrogens is 303 g/mol. The molecule has 0 radical (unpaired) electrons. The molecule has 0 aliphatic rings. The Balaban J connectivity index is 3.01. The van der Waals surface area contributed by atoms with E-state index in [0.29, 0.717) is 5.56 Å². The van der Waals surface area contributed by atoms with Crippen LogP contribution in [0.3, 0.4) is 0 Å². The van der Waals surface area contributed by atoms with E-state index in [9.17, 15) is 4.79 Å². The maximum atomic E-state index is 12.0. The predicted octanol–water partition coefficient (Wildman–Crippen LogP) is 2.41. The maximum absolute atomic E-state index is 12.0. The fraction of sp³-hybridized carbons (Fsp3) is 0.364. The van der Waals surface area contributed by atoms with Gasteiger partial charge in [0.25, 0.3) is 5.91 Å². The van der Waals surface area contributed by atoms with Crippen molar-refractivity contribution in [1.29, 1.82) is 0 Å². The minimum absolute atomic E-state index is 0.146. The van der Waals surface area contributed by atoms with Crippen molar-refractivity contribution in [3.05, 3.63) is 33.4 Å². The maximum Gasteiger partial charge on any atom is 0.269 e. The summed E-state index contributed by atoms with van der Waals surface area (Å²) in [6, 6.07) is 7.42. The van der Waals surface area contributed by atoms with Gasteiger partial charge in [-0.05, 0) is 55.5 Å². The van der Waals surface area contributed by atoms with Crippen molar-refractivity contribution in [3.63, 3.8) is 0 Å². The molecule has 0 unspecified atom stereocenters. The molecule has 1 aromatic rings. The molecule has 0 aliphatic heterocycles. The monoisotopic (exact) mass is 318 g/mol. The molecule has 0 atom stereocenters. The zero-order chi connectivity index (χ0) is 11.6. The number of hydrogen-bond donors (Lipinski definition) is 1. The van der Waals surface area contributed by atoms with Gasteiger partial charge in [0.2, 0.25) is 0 Å². The second-order valence-corrected chi connectivity index (χ2v) is 5.49. The molecule has 0 aromatic heterocycles. The summed E-state index contributed by atoms with van der Waals surface area (Å²) < 4.78 is 0.916. The number of halogens is 1. The molecule has 0 spiro atoms. The van der Waals surface area contributed by atoms with E-state index in [1.165, 1.54) is 5.01 Å². The Morgan fingerprint density at radius 2 is 1.87 bits per heavy atom. The summed E-state index contributed by atoms with van der Waals surface area (Å²) in [6.07, 6.45) is 0. The standard InChI is InChI=1S/C11H15IN2O/c1-11(2,3)14(13)10(15)8-6-4-5-7-9(8)12/h4-7H,13H2,1-3H3. The van der Waals surface area contributed by atoms with Gasteiger partial charge >= 0.3 is 0 Å². The Morgan fingerprint density at radius 3 is 2.33 bits per heavy atom. The Morgan fingerprint density at radius 1 is 1.33 bits per heavy atom. The van der Waals surface area contributed by atoms with Crippen LogP contribution < -0.4 is 5.84 Å². The quantitative estimate of drug-likeness (QED) is 0.374. The fourth-order valence-electron chi connectivity index (χ4n) is 1.07. The molecule has 1 rings (SSSR count). The van der Waals surface area contributed by atoms with Crippen molar-refractivity contribution in [3.8, 4) is 0 Å². The largest absolute Gasteiger partial charge is 0.271 e. The van der Waals surface area contributed by atoms with E-state index in [-0.39, 0.29) is 11.4 Å². The van der Waals surface area contributed by atoms with E-state index in [2.05, 4.69) is 22.6 Å².